The first-order valence-corrected chi connectivity index (χ1v) is 8.55. The van der Waals surface area contributed by atoms with Crippen LogP contribution in [0.25, 0.3) is 11.1 Å². The van der Waals surface area contributed by atoms with E-state index in [1.54, 1.807) is 6.07 Å². The van der Waals surface area contributed by atoms with Gasteiger partial charge in [-0.1, -0.05) is 30.3 Å². The topological polar surface area (TPSA) is 29.5 Å². The Hall–Kier alpha value is -1.94. The third-order valence-corrected chi connectivity index (χ3v) is 4.83. The fourth-order valence-electron chi connectivity index (χ4n) is 2.70. The summed E-state index contributed by atoms with van der Waals surface area (Å²) in [5, 5.41) is 0. The number of esters is 1. The van der Waals surface area contributed by atoms with Gasteiger partial charge in [-0.2, -0.15) is 11.8 Å². The van der Waals surface area contributed by atoms with Crippen molar-refractivity contribution in [1.82, 2.24) is 0 Å². The molecule has 3 rings (SSSR count). The van der Waals surface area contributed by atoms with Gasteiger partial charge < -0.3 is 9.64 Å². The number of carbonyl (C=O) groups excluding carboxylic acids is 1. The van der Waals surface area contributed by atoms with Crippen molar-refractivity contribution in [3.05, 3.63) is 54.1 Å². The summed E-state index contributed by atoms with van der Waals surface area (Å²) in [6, 6.07) is 16.0. The van der Waals surface area contributed by atoms with E-state index in [4.69, 9.17) is 4.74 Å². The molecule has 0 bridgehead atoms. The standard InChI is InChI=1S/C18H19NO2S/c1-21-18(20)17-5-3-2-4-16(17)14-6-8-15(9-7-14)19-10-12-22-13-11-19/h2-9H,10-13H2,1H3. The first-order chi connectivity index (χ1) is 10.8. The van der Waals surface area contributed by atoms with Crippen LogP contribution in [-0.4, -0.2) is 37.7 Å². The zero-order valence-electron chi connectivity index (χ0n) is 12.6. The molecular weight excluding hydrogens is 294 g/mol. The van der Waals surface area contributed by atoms with Crippen LogP contribution in [0.1, 0.15) is 10.4 Å². The van der Waals surface area contributed by atoms with Crippen molar-refractivity contribution in [2.75, 3.05) is 36.6 Å². The molecule has 1 heterocycles. The van der Waals surface area contributed by atoms with Crippen LogP contribution >= 0.6 is 11.8 Å². The number of rotatable bonds is 3. The van der Waals surface area contributed by atoms with Crippen LogP contribution in [0, 0.1) is 0 Å². The molecule has 1 fully saturated rings. The second-order valence-corrected chi connectivity index (χ2v) is 6.41. The highest BCUT2D eigenvalue weighted by molar-refractivity contribution is 7.99. The molecule has 3 nitrogen and oxygen atoms in total. The van der Waals surface area contributed by atoms with Crippen molar-refractivity contribution in [3.63, 3.8) is 0 Å². The van der Waals surface area contributed by atoms with Gasteiger partial charge in [0, 0.05) is 30.3 Å². The van der Waals surface area contributed by atoms with Gasteiger partial charge >= 0.3 is 5.97 Å². The van der Waals surface area contributed by atoms with Gasteiger partial charge in [0.15, 0.2) is 0 Å². The highest BCUT2D eigenvalue weighted by atomic mass is 32.2. The maximum Gasteiger partial charge on any atom is 0.338 e. The Labute approximate surface area is 135 Å². The Morgan fingerprint density at radius 2 is 1.73 bits per heavy atom. The van der Waals surface area contributed by atoms with Crippen molar-refractivity contribution in [3.8, 4) is 11.1 Å². The number of nitrogens with zero attached hydrogens (tertiary/aromatic N) is 1. The fourth-order valence-corrected chi connectivity index (χ4v) is 3.60. The van der Waals surface area contributed by atoms with Gasteiger partial charge in [-0.05, 0) is 29.3 Å². The Balaban J connectivity index is 1.88. The largest absolute Gasteiger partial charge is 0.465 e. The molecule has 0 aromatic heterocycles. The first-order valence-electron chi connectivity index (χ1n) is 7.40. The lowest BCUT2D eigenvalue weighted by Gasteiger charge is -2.28. The van der Waals surface area contributed by atoms with Crippen molar-refractivity contribution in [2.24, 2.45) is 0 Å². The number of methoxy groups -OCH3 is 1. The van der Waals surface area contributed by atoms with Crippen LogP contribution in [-0.2, 0) is 4.74 Å². The maximum atomic E-state index is 11.9. The predicted octanol–water partition coefficient (Wildman–Crippen LogP) is 3.69. The summed E-state index contributed by atoms with van der Waals surface area (Å²) in [7, 11) is 1.41. The number of anilines is 1. The second-order valence-electron chi connectivity index (χ2n) is 5.18. The highest BCUT2D eigenvalue weighted by Gasteiger charge is 2.14. The van der Waals surface area contributed by atoms with Gasteiger partial charge in [-0.3, -0.25) is 0 Å². The van der Waals surface area contributed by atoms with Crippen molar-refractivity contribution in [1.29, 1.82) is 0 Å². The SMILES string of the molecule is COC(=O)c1ccccc1-c1ccc(N2CCSCC2)cc1. The third-order valence-electron chi connectivity index (χ3n) is 3.89. The Morgan fingerprint density at radius 3 is 2.41 bits per heavy atom. The predicted molar refractivity (Wildman–Crippen MR) is 92.8 cm³/mol. The summed E-state index contributed by atoms with van der Waals surface area (Å²) in [5.74, 6) is 2.08. The van der Waals surface area contributed by atoms with Gasteiger partial charge in [-0.15, -0.1) is 0 Å². The average Bonchev–Trinajstić information content (AvgIpc) is 2.62. The molecule has 0 saturated carbocycles. The van der Waals surface area contributed by atoms with E-state index in [2.05, 4.69) is 29.2 Å². The number of ether oxygens (including phenoxy) is 1. The molecule has 2 aromatic rings. The monoisotopic (exact) mass is 313 g/mol. The second kappa shape index (κ2) is 6.88. The summed E-state index contributed by atoms with van der Waals surface area (Å²) in [5.41, 5.74) is 3.80. The van der Waals surface area contributed by atoms with Crippen LogP contribution in [0.15, 0.2) is 48.5 Å². The van der Waals surface area contributed by atoms with E-state index in [0.717, 1.165) is 24.2 Å². The summed E-state index contributed by atoms with van der Waals surface area (Å²) in [6.45, 7) is 2.20. The quantitative estimate of drug-likeness (QED) is 0.808. The minimum absolute atomic E-state index is 0.298. The summed E-state index contributed by atoms with van der Waals surface area (Å²) in [4.78, 5) is 14.3. The molecule has 4 heteroatoms. The molecule has 114 valence electrons. The van der Waals surface area contributed by atoms with Crippen LogP contribution in [0.4, 0.5) is 5.69 Å². The molecule has 0 amide bonds. The summed E-state index contributed by atoms with van der Waals surface area (Å²) in [6.07, 6.45) is 0. The van der Waals surface area contributed by atoms with E-state index in [1.165, 1.54) is 24.3 Å². The molecule has 0 radical (unpaired) electrons. The molecule has 1 aliphatic heterocycles. The first kappa shape index (κ1) is 15.0. The van der Waals surface area contributed by atoms with Gasteiger partial charge in [0.1, 0.15) is 0 Å². The lowest BCUT2D eigenvalue weighted by atomic mass is 9.99. The van der Waals surface area contributed by atoms with Gasteiger partial charge in [-0.25, -0.2) is 4.79 Å². The van der Waals surface area contributed by atoms with Crippen LogP contribution in [0.2, 0.25) is 0 Å². The van der Waals surface area contributed by atoms with E-state index in [1.807, 2.05) is 30.0 Å². The highest BCUT2D eigenvalue weighted by Crippen LogP contribution is 2.27. The van der Waals surface area contributed by atoms with E-state index in [9.17, 15) is 4.79 Å². The Bertz CT molecular complexity index is 648. The fraction of sp³-hybridized carbons (Fsp3) is 0.278. The van der Waals surface area contributed by atoms with E-state index >= 15 is 0 Å². The smallest absolute Gasteiger partial charge is 0.338 e. The zero-order valence-corrected chi connectivity index (χ0v) is 13.4. The molecule has 0 spiro atoms. The molecule has 0 atom stereocenters. The normalized spacial score (nSPS) is 14.7. The number of hydrogen-bond donors (Lipinski definition) is 0. The molecule has 2 aromatic carbocycles. The van der Waals surface area contributed by atoms with E-state index in [-0.39, 0.29) is 5.97 Å². The lowest BCUT2D eigenvalue weighted by molar-refractivity contribution is 0.0601. The van der Waals surface area contributed by atoms with Crippen LogP contribution in [0.3, 0.4) is 0 Å². The van der Waals surface area contributed by atoms with E-state index < -0.39 is 0 Å². The van der Waals surface area contributed by atoms with Gasteiger partial charge in [0.25, 0.3) is 0 Å². The minimum atomic E-state index is -0.298. The van der Waals surface area contributed by atoms with Crippen LogP contribution in [0.5, 0.6) is 0 Å². The zero-order chi connectivity index (χ0) is 15.4. The molecule has 0 aliphatic carbocycles. The Kier molecular flexibility index (Phi) is 4.68. The van der Waals surface area contributed by atoms with Crippen molar-refractivity contribution >= 4 is 23.4 Å². The Morgan fingerprint density at radius 1 is 1.05 bits per heavy atom. The van der Waals surface area contributed by atoms with E-state index in [0.29, 0.717) is 5.56 Å². The number of thioether (sulfide) groups is 1. The van der Waals surface area contributed by atoms with Crippen molar-refractivity contribution in [2.45, 2.75) is 0 Å². The number of carbonyl (C=O) groups is 1. The number of hydrogen-bond acceptors (Lipinski definition) is 4. The van der Waals surface area contributed by atoms with Crippen molar-refractivity contribution < 1.29 is 9.53 Å². The number of benzene rings is 2. The summed E-state index contributed by atoms with van der Waals surface area (Å²) >= 11 is 2.01. The molecule has 1 saturated heterocycles. The molecule has 22 heavy (non-hydrogen) atoms. The maximum absolute atomic E-state index is 11.9. The van der Waals surface area contributed by atoms with Crippen LogP contribution < -0.4 is 4.90 Å². The minimum Gasteiger partial charge on any atom is -0.465 e. The third kappa shape index (κ3) is 3.12. The molecular formula is C18H19NO2S. The van der Waals surface area contributed by atoms with Gasteiger partial charge in [0.05, 0.1) is 12.7 Å². The van der Waals surface area contributed by atoms with Gasteiger partial charge in [0.2, 0.25) is 0 Å². The summed E-state index contributed by atoms with van der Waals surface area (Å²) < 4.78 is 4.87. The lowest BCUT2D eigenvalue weighted by Crippen LogP contribution is -2.32. The average molecular weight is 313 g/mol. The molecule has 0 N–H and O–H groups in total. The molecule has 1 aliphatic rings. The molecule has 0 unspecified atom stereocenters.